The largest absolute Gasteiger partial charge is 0.295 e. The fourth-order valence-electron chi connectivity index (χ4n) is 2.31. The first kappa shape index (κ1) is 17.2. The number of rotatable bonds is 8. The number of benzene rings is 1. The van der Waals surface area contributed by atoms with Gasteiger partial charge >= 0.3 is 0 Å². The third-order valence-electron chi connectivity index (χ3n) is 3.93. The Morgan fingerprint density at radius 1 is 1.18 bits per heavy atom. The Balaban J connectivity index is 2.04. The van der Waals surface area contributed by atoms with Crippen molar-refractivity contribution in [3.8, 4) is 0 Å². The summed E-state index contributed by atoms with van der Waals surface area (Å²) in [5, 5.41) is 4.19. The Morgan fingerprint density at radius 3 is 2.50 bits per heavy atom. The Kier molecular flexibility index (Phi) is 6.17. The van der Waals surface area contributed by atoms with Crippen LogP contribution in [0.2, 0.25) is 0 Å². The number of hydrogen-bond donors (Lipinski definition) is 0. The number of hydrogen-bond acceptors (Lipinski definition) is 4. The molecule has 0 aliphatic rings. The highest BCUT2D eigenvalue weighted by Gasteiger charge is 2.19. The van der Waals surface area contributed by atoms with E-state index in [1.807, 2.05) is 6.07 Å². The second-order valence-corrected chi connectivity index (χ2v) is 8.38. The topological polar surface area (TPSA) is 37.4 Å². The summed E-state index contributed by atoms with van der Waals surface area (Å²) in [7, 11) is -3.22. The molecule has 120 valence electrons. The third kappa shape index (κ3) is 4.66. The molecule has 0 radical (unpaired) electrons. The van der Waals surface area contributed by atoms with Crippen LogP contribution in [0.3, 0.4) is 0 Å². The van der Waals surface area contributed by atoms with Crippen molar-refractivity contribution in [3.05, 3.63) is 52.7 Å². The van der Waals surface area contributed by atoms with Crippen molar-refractivity contribution in [1.82, 2.24) is 4.90 Å². The van der Waals surface area contributed by atoms with Crippen molar-refractivity contribution < 1.29 is 8.42 Å². The molecule has 5 heteroatoms. The van der Waals surface area contributed by atoms with Gasteiger partial charge in [0.1, 0.15) is 0 Å². The smallest absolute Gasteiger partial charge is 0.179 e. The maximum atomic E-state index is 12.4. The minimum absolute atomic E-state index is 0.158. The monoisotopic (exact) mass is 337 g/mol. The average Bonchev–Trinajstić information content (AvgIpc) is 3.04. The van der Waals surface area contributed by atoms with Crippen LogP contribution in [0.25, 0.3) is 0 Å². The van der Waals surface area contributed by atoms with Crippen LogP contribution in [0, 0.1) is 0 Å². The summed E-state index contributed by atoms with van der Waals surface area (Å²) in [4.78, 5) is 2.66. The van der Waals surface area contributed by atoms with E-state index in [1.165, 1.54) is 5.56 Å². The van der Waals surface area contributed by atoms with Gasteiger partial charge in [0, 0.05) is 19.1 Å². The summed E-state index contributed by atoms with van der Waals surface area (Å²) in [6.45, 7) is 5.66. The van der Waals surface area contributed by atoms with Crippen LogP contribution in [0.5, 0.6) is 0 Å². The van der Waals surface area contributed by atoms with Crippen molar-refractivity contribution >= 4 is 21.2 Å². The van der Waals surface area contributed by atoms with Gasteiger partial charge < -0.3 is 0 Å². The number of thiophene rings is 1. The molecule has 0 aliphatic carbocycles. The summed E-state index contributed by atoms with van der Waals surface area (Å²) < 4.78 is 24.9. The molecule has 1 atom stereocenters. The standard InChI is InChI=1S/C17H23NO2S2/c1-3-15(2)18(13-16-9-11-21-14-16)10-12-22(19,20)17-7-5-4-6-8-17/h4-9,11,14-15H,3,10,12-13H2,1-2H3. The normalized spacial score (nSPS) is 13.4. The van der Waals surface area contributed by atoms with E-state index in [0.717, 1.165) is 13.0 Å². The van der Waals surface area contributed by atoms with Gasteiger partial charge in [0.25, 0.3) is 0 Å². The Morgan fingerprint density at radius 2 is 1.91 bits per heavy atom. The SMILES string of the molecule is CCC(C)N(CCS(=O)(=O)c1ccccc1)Cc1ccsc1. The lowest BCUT2D eigenvalue weighted by Gasteiger charge is -2.28. The number of sulfone groups is 1. The molecule has 22 heavy (non-hydrogen) atoms. The predicted octanol–water partition coefficient (Wildman–Crippen LogP) is 3.82. The molecule has 3 nitrogen and oxygen atoms in total. The second-order valence-electron chi connectivity index (χ2n) is 5.49. The van der Waals surface area contributed by atoms with Gasteiger partial charge in [-0.2, -0.15) is 11.3 Å². The van der Waals surface area contributed by atoms with Crippen LogP contribution < -0.4 is 0 Å². The van der Waals surface area contributed by atoms with Crippen molar-refractivity contribution in [2.45, 2.75) is 37.8 Å². The van der Waals surface area contributed by atoms with Gasteiger partial charge in [-0.25, -0.2) is 8.42 Å². The molecule has 0 fully saturated rings. The molecular formula is C17H23NO2S2. The minimum Gasteiger partial charge on any atom is -0.295 e. The Bertz CT molecular complexity index is 651. The highest BCUT2D eigenvalue weighted by Crippen LogP contribution is 2.15. The third-order valence-corrected chi connectivity index (χ3v) is 6.37. The van der Waals surface area contributed by atoms with Gasteiger partial charge in [-0.15, -0.1) is 0 Å². The Hall–Kier alpha value is -1.17. The van der Waals surface area contributed by atoms with Crippen molar-refractivity contribution in [3.63, 3.8) is 0 Å². The molecule has 0 saturated carbocycles. The molecule has 0 saturated heterocycles. The molecule has 0 aliphatic heterocycles. The van der Waals surface area contributed by atoms with Gasteiger partial charge in [0.05, 0.1) is 10.6 Å². The quantitative estimate of drug-likeness (QED) is 0.735. The lowest BCUT2D eigenvalue weighted by Crippen LogP contribution is -2.36. The van der Waals surface area contributed by atoms with E-state index in [1.54, 1.807) is 35.6 Å². The molecule has 1 aromatic carbocycles. The lowest BCUT2D eigenvalue weighted by molar-refractivity contribution is 0.207. The summed E-state index contributed by atoms with van der Waals surface area (Å²) in [6, 6.07) is 11.2. The highest BCUT2D eigenvalue weighted by molar-refractivity contribution is 7.91. The first-order valence-electron chi connectivity index (χ1n) is 7.56. The van der Waals surface area contributed by atoms with E-state index in [2.05, 4.69) is 35.6 Å². The van der Waals surface area contributed by atoms with Crippen LogP contribution in [0.15, 0.2) is 52.1 Å². The lowest BCUT2D eigenvalue weighted by atomic mass is 10.2. The molecular weight excluding hydrogens is 314 g/mol. The van der Waals surface area contributed by atoms with E-state index in [-0.39, 0.29) is 5.75 Å². The van der Waals surface area contributed by atoms with E-state index in [4.69, 9.17) is 0 Å². The maximum absolute atomic E-state index is 12.4. The molecule has 0 spiro atoms. The van der Waals surface area contributed by atoms with Gasteiger partial charge in [-0.3, -0.25) is 4.90 Å². The molecule has 2 rings (SSSR count). The molecule has 0 bridgehead atoms. The zero-order valence-electron chi connectivity index (χ0n) is 13.1. The summed E-state index contributed by atoms with van der Waals surface area (Å²) in [5.74, 6) is 0.158. The van der Waals surface area contributed by atoms with Crippen LogP contribution >= 0.6 is 11.3 Å². The van der Waals surface area contributed by atoms with Gasteiger partial charge in [0.15, 0.2) is 9.84 Å². The molecule has 0 amide bonds. The fraction of sp³-hybridized carbons (Fsp3) is 0.412. The van der Waals surface area contributed by atoms with Crippen molar-refractivity contribution in [2.75, 3.05) is 12.3 Å². The van der Waals surface area contributed by atoms with Gasteiger partial charge in [0.2, 0.25) is 0 Å². The predicted molar refractivity (Wildman–Crippen MR) is 93.0 cm³/mol. The summed E-state index contributed by atoms with van der Waals surface area (Å²) in [5.41, 5.74) is 1.25. The molecule has 1 unspecified atom stereocenters. The molecule has 1 heterocycles. The Labute approximate surface area is 137 Å². The van der Waals surface area contributed by atoms with E-state index >= 15 is 0 Å². The first-order chi connectivity index (χ1) is 10.5. The maximum Gasteiger partial charge on any atom is 0.179 e. The zero-order valence-corrected chi connectivity index (χ0v) is 14.7. The second kappa shape index (κ2) is 7.90. The fourth-order valence-corrected chi connectivity index (χ4v) is 4.26. The zero-order chi connectivity index (χ0) is 16.0. The van der Waals surface area contributed by atoms with Crippen LogP contribution in [-0.2, 0) is 16.4 Å². The van der Waals surface area contributed by atoms with Gasteiger partial charge in [-0.05, 0) is 47.9 Å². The van der Waals surface area contributed by atoms with Crippen molar-refractivity contribution in [1.29, 1.82) is 0 Å². The van der Waals surface area contributed by atoms with Gasteiger partial charge in [-0.1, -0.05) is 25.1 Å². The highest BCUT2D eigenvalue weighted by atomic mass is 32.2. The summed E-state index contributed by atoms with van der Waals surface area (Å²) in [6.07, 6.45) is 1.01. The first-order valence-corrected chi connectivity index (χ1v) is 10.2. The molecule has 0 N–H and O–H groups in total. The van der Waals surface area contributed by atoms with Crippen LogP contribution in [0.4, 0.5) is 0 Å². The van der Waals surface area contributed by atoms with E-state index in [9.17, 15) is 8.42 Å². The molecule has 2 aromatic rings. The summed E-state index contributed by atoms with van der Waals surface area (Å²) >= 11 is 1.68. The molecule has 1 aromatic heterocycles. The van der Waals surface area contributed by atoms with Crippen LogP contribution in [0.1, 0.15) is 25.8 Å². The minimum atomic E-state index is -3.22. The average molecular weight is 338 g/mol. The van der Waals surface area contributed by atoms with E-state index in [0.29, 0.717) is 17.5 Å². The van der Waals surface area contributed by atoms with Crippen LogP contribution in [-0.4, -0.2) is 31.7 Å². The van der Waals surface area contributed by atoms with E-state index < -0.39 is 9.84 Å². The number of nitrogens with zero attached hydrogens (tertiary/aromatic N) is 1. The van der Waals surface area contributed by atoms with Crippen molar-refractivity contribution in [2.24, 2.45) is 0 Å².